The van der Waals surface area contributed by atoms with E-state index in [2.05, 4.69) is 9.97 Å². The van der Waals surface area contributed by atoms with E-state index in [4.69, 9.17) is 0 Å². The molecule has 2 aromatic carbocycles. The van der Waals surface area contributed by atoms with Gasteiger partial charge in [-0.3, -0.25) is 9.59 Å². The second-order valence-electron chi connectivity index (χ2n) is 7.57. The molecule has 0 unspecified atom stereocenters. The van der Waals surface area contributed by atoms with E-state index in [0.717, 1.165) is 22.5 Å². The van der Waals surface area contributed by atoms with E-state index in [1.165, 1.54) is 12.1 Å². The first-order valence-electron chi connectivity index (χ1n) is 9.97. The molecule has 30 heavy (non-hydrogen) atoms. The number of benzene rings is 2. The summed E-state index contributed by atoms with van der Waals surface area (Å²) in [6, 6.07) is 11.3. The van der Waals surface area contributed by atoms with Gasteiger partial charge in [0.05, 0.1) is 28.8 Å². The molecule has 1 aliphatic rings. The van der Waals surface area contributed by atoms with Crippen molar-refractivity contribution in [1.82, 2.24) is 19.8 Å². The van der Waals surface area contributed by atoms with Crippen LogP contribution in [0.2, 0.25) is 0 Å². The van der Waals surface area contributed by atoms with Crippen molar-refractivity contribution in [2.24, 2.45) is 0 Å². The van der Waals surface area contributed by atoms with Gasteiger partial charge in [0.2, 0.25) is 5.91 Å². The summed E-state index contributed by atoms with van der Waals surface area (Å²) in [5.74, 6) is -0.397. The van der Waals surface area contributed by atoms with Crippen LogP contribution in [-0.2, 0) is 11.2 Å². The molecule has 0 bridgehead atoms. The minimum atomic E-state index is -0.316. The molecule has 3 aromatic rings. The van der Waals surface area contributed by atoms with Gasteiger partial charge >= 0.3 is 0 Å². The van der Waals surface area contributed by atoms with Gasteiger partial charge in [0.25, 0.3) is 5.91 Å². The zero-order valence-electron chi connectivity index (χ0n) is 17.1. The van der Waals surface area contributed by atoms with E-state index in [9.17, 15) is 14.0 Å². The Hall–Kier alpha value is -3.35. The number of carbonyl (C=O) groups excluding carboxylic acids is 2. The quantitative estimate of drug-likeness (QED) is 0.671. The monoisotopic (exact) mass is 406 g/mol. The van der Waals surface area contributed by atoms with Crippen molar-refractivity contribution < 1.29 is 14.0 Å². The molecule has 1 saturated heterocycles. The molecule has 1 aromatic heterocycles. The third-order valence-corrected chi connectivity index (χ3v) is 5.51. The standard InChI is InChI=1S/C23H23FN4O2/c1-15-16(2)26-21-14-18(5-8-20(21)25-15)23(30)28-11-9-27(10-12-28)22(29)13-17-3-6-19(24)7-4-17/h3-8,14H,9-13H2,1-2H3. The highest BCUT2D eigenvalue weighted by atomic mass is 19.1. The molecule has 7 heteroatoms. The summed E-state index contributed by atoms with van der Waals surface area (Å²) in [5.41, 5.74) is 4.56. The maximum Gasteiger partial charge on any atom is 0.254 e. The molecule has 6 nitrogen and oxygen atoms in total. The van der Waals surface area contributed by atoms with E-state index < -0.39 is 0 Å². The second-order valence-corrected chi connectivity index (χ2v) is 7.57. The molecule has 0 atom stereocenters. The van der Waals surface area contributed by atoms with Crippen LogP contribution < -0.4 is 0 Å². The molecule has 2 heterocycles. The lowest BCUT2D eigenvalue weighted by atomic mass is 10.1. The van der Waals surface area contributed by atoms with Crippen LogP contribution >= 0.6 is 0 Å². The molecular formula is C23H23FN4O2. The number of amides is 2. The lowest BCUT2D eigenvalue weighted by molar-refractivity contribution is -0.131. The average Bonchev–Trinajstić information content (AvgIpc) is 2.75. The Morgan fingerprint density at radius 3 is 2.13 bits per heavy atom. The number of hydrogen-bond donors (Lipinski definition) is 0. The fraction of sp³-hybridized carbons (Fsp3) is 0.304. The third kappa shape index (κ3) is 4.15. The first kappa shape index (κ1) is 19.9. The summed E-state index contributed by atoms with van der Waals surface area (Å²) in [6.45, 7) is 5.74. The van der Waals surface area contributed by atoms with Gasteiger partial charge in [-0.15, -0.1) is 0 Å². The molecule has 0 aliphatic carbocycles. The van der Waals surface area contributed by atoms with Crippen molar-refractivity contribution >= 4 is 22.8 Å². The van der Waals surface area contributed by atoms with Gasteiger partial charge in [0.15, 0.2) is 0 Å². The smallest absolute Gasteiger partial charge is 0.254 e. The average molecular weight is 406 g/mol. The molecule has 0 N–H and O–H groups in total. The van der Waals surface area contributed by atoms with Crippen LogP contribution in [0, 0.1) is 19.7 Å². The number of halogens is 1. The highest BCUT2D eigenvalue weighted by Gasteiger charge is 2.25. The summed E-state index contributed by atoms with van der Waals surface area (Å²) >= 11 is 0. The summed E-state index contributed by atoms with van der Waals surface area (Å²) in [7, 11) is 0. The van der Waals surface area contributed by atoms with Crippen molar-refractivity contribution in [2.45, 2.75) is 20.3 Å². The van der Waals surface area contributed by atoms with E-state index in [0.29, 0.717) is 37.3 Å². The maximum atomic E-state index is 13.0. The lowest BCUT2D eigenvalue weighted by Gasteiger charge is -2.35. The zero-order chi connectivity index (χ0) is 21.3. The van der Waals surface area contributed by atoms with Crippen molar-refractivity contribution in [1.29, 1.82) is 0 Å². The van der Waals surface area contributed by atoms with Crippen LogP contribution in [0.4, 0.5) is 4.39 Å². The number of nitrogens with zero attached hydrogens (tertiary/aromatic N) is 4. The molecule has 0 radical (unpaired) electrons. The van der Waals surface area contributed by atoms with Crippen molar-refractivity contribution in [2.75, 3.05) is 26.2 Å². The number of piperazine rings is 1. The predicted molar refractivity (Wildman–Crippen MR) is 112 cm³/mol. The Balaban J connectivity index is 1.39. The first-order chi connectivity index (χ1) is 14.4. The summed E-state index contributed by atoms with van der Waals surface area (Å²) < 4.78 is 13.0. The number of aromatic nitrogens is 2. The number of rotatable bonds is 3. The molecule has 4 rings (SSSR count). The van der Waals surface area contributed by atoms with Crippen LogP contribution in [0.5, 0.6) is 0 Å². The van der Waals surface area contributed by atoms with Gasteiger partial charge in [0.1, 0.15) is 5.82 Å². The minimum absolute atomic E-state index is 0.0134. The SMILES string of the molecule is Cc1nc2ccc(C(=O)N3CCN(C(=O)Cc4ccc(F)cc4)CC3)cc2nc1C. The van der Waals surface area contributed by atoms with Crippen LogP contribution in [0.15, 0.2) is 42.5 Å². The highest BCUT2D eigenvalue weighted by molar-refractivity contribution is 5.97. The number of carbonyl (C=O) groups is 2. The Labute approximate surface area is 174 Å². The zero-order valence-corrected chi connectivity index (χ0v) is 17.1. The predicted octanol–water partition coefficient (Wildman–Crippen LogP) is 2.91. The first-order valence-corrected chi connectivity index (χ1v) is 9.97. The summed E-state index contributed by atoms with van der Waals surface area (Å²) in [5, 5.41) is 0. The normalized spacial score (nSPS) is 14.2. The molecule has 0 saturated carbocycles. The fourth-order valence-corrected chi connectivity index (χ4v) is 3.59. The van der Waals surface area contributed by atoms with Gasteiger partial charge in [0, 0.05) is 31.7 Å². The van der Waals surface area contributed by atoms with Crippen molar-refractivity contribution in [3.63, 3.8) is 0 Å². The largest absolute Gasteiger partial charge is 0.339 e. The number of aryl methyl sites for hydroxylation is 2. The Bertz CT molecular complexity index is 1110. The van der Waals surface area contributed by atoms with Crippen molar-refractivity contribution in [3.8, 4) is 0 Å². The summed E-state index contributed by atoms with van der Waals surface area (Å²) in [6.07, 6.45) is 0.232. The molecule has 1 aliphatic heterocycles. The van der Waals surface area contributed by atoms with Gasteiger partial charge in [-0.1, -0.05) is 12.1 Å². The minimum Gasteiger partial charge on any atom is -0.339 e. The van der Waals surface area contributed by atoms with Crippen LogP contribution in [0.1, 0.15) is 27.3 Å². The van der Waals surface area contributed by atoms with Crippen LogP contribution in [0.3, 0.4) is 0 Å². The second kappa shape index (κ2) is 8.18. The molecule has 1 fully saturated rings. The van der Waals surface area contributed by atoms with Gasteiger partial charge < -0.3 is 9.80 Å². The van der Waals surface area contributed by atoms with E-state index in [-0.39, 0.29) is 24.1 Å². The van der Waals surface area contributed by atoms with Gasteiger partial charge in [-0.25, -0.2) is 14.4 Å². The number of hydrogen-bond acceptors (Lipinski definition) is 4. The maximum absolute atomic E-state index is 13.0. The topological polar surface area (TPSA) is 66.4 Å². The molecular weight excluding hydrogens is 383 g/mol. The number of fused-ring (bicyclic) bond motifs is 1. The van der Waals surface area contributed by atoms with E-state index in [1.807, 2.05) is 19.9 Å². The van der Waals surface area contributed by atoms with Crippen LogP contribution in [0.25, 0.3) is 11.0 Å². The molecule has 2 amide bonds. The van der Waals surface area contributed by atoms with E-state index in [1.54, 1.807) is 34.1 Å². The van der Waals surface area contributed by atoms with Gasteiger partial charge in [-0.2, -0.15) is 0 Å². The fourth-order valence-electron chi connectivity index (χ4n) is 3.59. The third-order valence-electron chi connectivity index (χ3n) is 5.51. The molecule has 0 spiro atoms. The van der Waals surface area contributed by atoms with Gasteiger partial charge in [-0.05, 0) is 49.7 Å². The summed E-state index contributed by atoms with van der Waals surface area (Å²) in [4.78, 5) is 38.0. The highest BCUT2D eigenvalue weighted by Crippen LogP contribution is 2.17. The molecule has 154 valence electrons. The Morgan fingerprint density at radius 1 is 0.867 bits per heavy atom. The van der Waals surface area contributed by atoms with Crippen molar-refractivity contribution in [3.05, 3.63) is 70.8 Å². The Kier molecular flexibility index (Phi) is 5.44. The van der Waals surface area contributed by atoms with Crippen LogP contribution in [-0.4, -0.2) is 57.8 Å². The van der Waals surface area contributed by atoms with E-state index >= 15 is 0 Å². The lowest BCUT2D eigenvalue weighted by Crippen LogP contribution is -2.51. The Morgan fingerprint density at radius 2 is 1.47 bits per heavy atom.